The van der Waals surface area contributed by atoms with Gasteiger partial charge in [0.15, 0.2) is 0 Å². The molecule has 6 heteroatoms. The third-order valence-corrected chi connectivity index (χ3v) is 2.73. The molecule has 1 rings (SSSR count). The number of nitrogens with one attached hydrogen (secondary N) is 2. The van der Waals surface area contributed by atoms with Gasteiger partial charge in [-0.2, -0.15) is 0 Å². The Balaban J connectivity index is 2.47. The zero-order valence-electron chi connectivity index (χ0n) is 10.6. The monoisotopic (exact) mass is 284 g/mol. The van der Waals surface area contributed by atoms with Crippen LogP contribution in [0.5, 0.6) is 0 Å². The van der Waals surface area contributed by atoms with Gasteiger partial charge in [-0.15, -0.1) is 0 Å². The first kappa shape index (κ1) is 15.5. The summed E-state index contributed by atoms with van der Waals surface area (Å²) >= 11 is 5.73. The maximum absolute atomic E-state index is 11.8. The molecule has 0 aliphatic carbocycles. The largest absolute Gasteiger partial charge is 0.396 e. The predicted octanol–water partition coefficient (Wildman–Crippen LogP) is 0.957. The van der Waals surface area contributed by atoms with Crippen LogP contribution in [0.2, 0.25) is 5.02 Å². The smallest absolute Gasteiger partial charge is 0.251 e. The molecule has 2 amide bonds. The Bertz CT molecular complexity index is 434. The SMILES string of the molecule is CC(NC(=O)c1ccc(Cl)cc1)C(=O)NCCCO. The minimum Gasteiger partial charge on any atom is -0.396 e. The summed E-state index contributed by atoms with van der Waals surface area (Å²) in [6.45, 7) is 2.00. The van der Waals surface area contributed by atoms with Gasteiger partial charge in [0.25, 0.3) is 5.91 Å². The van der Waals surface area contributed by atoms with Crippen LogP contribution in [0.3, 0.4) is 0 Å². The summed E-state index contributed by atoms with van der Waals surface area (Å²) in [6.07, 6.45) is 0.490. The van der Waals surface area contributed by atoms with Crippen LogP contribution in [0.4, 0.5) is 0 Å². The van der Waals surface area contributed by atoms with E-state index in [0.717, 1.165) is 0 Å². The van der Waals surface area contributed by atoms with Gasteiger partial charge in [0, 0.05) is 23.7 Å². The van der Waals surface area contributed by atoms with Crippen molar-refractivity contribution in [2.45, 2.75) is 19.4 Å². The third-order valence-electron chi connectivity index (χ3n) is 2.48. The Kier molecular flexibility index (Phi) is 6.32. The highest BCUT2D eigenvalue weighted by atomic mass is 35.5. The molecular formula is C13H17ClN2O3. The fraction of sp³-hybridized carbons (Fsp3) is 0.385. The molecule has 5 nitrogen and oxygen atoms in total. The molecule has 1 atom stereocenters. The van der Waals surface area contributed by atoms with E-state index in [-0.39, 0.29) is 18.4 Å². The second-order valence-electron chi connectivity index (χ2n) is 4.07. The molecular weight excluding hydrogens is 268 g/mol. The maximum Gasteiger partial charge on any atom is 0.251 e. The lowest BCUT2D eigenvalue weighted by atomic mass is 10.2. The molecule has 0 saturated heterocycles. The van der Waals surface area contributed by atoms with Crippen LogP contribution in [0.1, 0.15) is 23.7 Å². The van der Waals surface area contributed by atoms with Crippen molar-refractivity contribution < 1.29 is 14.7 Å². The van der Waals surface area contributed by atoms with E-state index in [1.807, 2.05) is 0 Å². The van der Waals surface area contributed by atoms with E-state index in [0.29, 0.717) is 23.6 Å². The standard InChI is InChI=1S/C13H17ClN2O3/c1-9(12(18)15-7-2-8-17)16-13(19)10-3-5-11(14)6-4-10/h3-6,9,17H,2,7-8H2,1H3,(H,15,18)(H,16,19). The zero-order chi connectivity index (χ0) is 14.3. The van der Waals surface area contributed by atoms with E-state index in [1.54, 1.807) is 31.2 Å². The second kappa shape index (κ2) is 7.76. The van der Waals surface area contributed by atoms with Gasteiger partial charge in [0.2, 0.25) is 5.91 Å². The van der Waals surface area contributed by atoms with Crippen molar-refractivity contribution in [2.75, 3.05) is 13.2 Å². The molecule has 0 spiro atoms. The first-order chi connectivity index (χ1) is 9.04. The van der Waals surface area contributed by atoms with E-state index in [2.05, 4.69) is 10.6 Å². The Morgan fingerprint density at radius 3 is 2.53 bits per heavy atom. The molecule has 0 bridgehead atoms. The number of hydrogen-bond donors (Lipinski definition) is 3. The van der Waals surface area contributed by atoms with Gasteiger partial charge in [-0.05, 0) is 37.6 Å². The molecule has 0 aromatic heterocycles. The lowest BCUT2D eigenvalue weighted by molar-refractivity contribution is -0.122. The average Bonchev–Trinajstić information content (AvgIpc) is 2.39. The summed E-state index contributed by atoms with van der Waals surface area (Å²) in [5.74, 6) is -0.614. The number of carbonyl (C=O) groups is 2. The lowest BCUT2D eigenvalue weighted by Crippen LogP contribution is -2.45. The van der Waals surface area contributed by atoms with Crippen molar-refractivity contribution in [1.82, 2.24) is 10.6 Å². The summed E-state index contributed by atoms with van der Waals surface area (Å²) in [5, 5.41) is 14.4. The van der Waals surface area contributed by atoms with Gasteiger partial charge in [0.1, 0.15) is 6.04 Å². The van der Waals surface area contributed by atoms with Crippen LogP contribution in [-0.2, 0) is 4.79 Å². The van der Waals surface area contributed by atoms with Crippen LogP contribution in [0, 0.1) is 0 Å². The molecule has 0 fully saturated rings. The van der Waals surface area contributed by atoms with Crippen molar-refractivity contribution in [3.8, 4) is 0 Å². The highest BCUT2D eigenvalue weighted by Gasteiger charge is 2.15. The van der Waals surface area contributed by atoms with Crippen molar-refractivity contribution in [2.24, 2.45) is 0 Å². The van der Waals surface area contributed by atoms with E-state index in [9.17, 15) is 9.59 Å². The third kappa shape index (κ3) is 5.28. The Morgan fingerprint density at radius 2 is 1.95 bits per heavy atom. The Morgan fingerprint density at radius 1 is 1.32 bits per heavy atom. The van der Waals surface area contributed by atoms with Gasteiger partial charge in [-0.3, -0.25) is 9.59 Å². The topological polar surface area (TPSA) is 78.4 Å². The van der Waals surface area contributed by atoms with E-state index in [4.69, 9.17) is 16.7 Å². The van der Waals surface area contributed by atoms with Crippen LogP contribution in [0.25, 0.3) is 0 Å². The normalized spacial score (nSPS) is 11.7. The number of aliphatic hydroxyl groups is 1. The Labute approximate surface area is 117 Å². The van der Waals surface area contributed by atoms with Crippen molar-refractivity contribution >= 4 is 23.4 Å². The molecule has 104 valence electrons. The maximum atomic E-state index is 11.8. The van der Waals surface area contributed by atoms with Crippen LogP contribution < -0.4 is 10.6 Å². The summed E-state index contributed by atoms with van der Waals surface area (Å²) in [4.78, 5) is 23.4. The average molecular weight is 285 g/mol. The Hall–Kier alpha value is -1.59. The van der Waals surface area contributed by atoms with Gasteiger partial charge >= 0.3 is 0 Å². The molecule has 1 unspecified atom stereocenters. The molecule has 0 radical (unpaired) electrons. The molecule has 0 aliphatic heterocycles. The number of amides is 2. The summed E-state index contributed by atoms with van der Waals surface area (Å²) in [5.41, 5.74) is 0.444. The van der Waals surface area contributed by atoms with Crippen LogP contribution in [0.15, 0.2) is 24.3 Å². The van der Waals surface area contributed by atoms with Crippen LogP contribution in [-0.4, -0.2) is 36.1 Å². The van der Waals surface area contributed by atoms with E-state index >= 15 is 0 Å². The van der Waals surface area contributed by atoms with Gasteiger partial charge in [-0.25, -0.2) is 0 Å². The number of rotatable bonds is 6. The van der Waals surface area contributed by atoms with E-state index < -0.39 is 6.04 Å². The molecule has 0 saturated carbocycles. The lowest BCUT2D eigenvalue weighted by Gasteiger charge is -2.14. The number of benzene rings is 1. The minimum absolute atomic E-state index is 0.0196. The van der Waals surface area contributed by atoms with Crippen molar-refractivity contribution in [1.29, 1.82) is 0 Å². The highest BCUT2D eigenvalue weighted by Crippen LogP contribution is 2.09. The number of carbonyl (C=O) groups excluding carboxylic acids is 2. The van der Waals surface area contributed by atoms with Crippen LogP contribution >= 0.6 is 11.6 Å². The van der Waals surface area contributed by atoms with Crippen molar-refractivity contribution in [3.63, 3.8) is 0 Å². The zero-order valence-corrected chi connectivity index (χ0v) is 11.4. The van der Waals surface area contributed by atoms with Crippen molar-refractivity contribution in [3.05, 3.63) is 34.9 Å². The van der Waals surface area contributed by atoms with E-state index in [1.165, 1.54) is 0 Å². The number of aliphatic hydroxyl groups excluding tert-OH is 1. The minimum atomic E-state index is -0.637. The molecule has 1 aromatic carbocycles. The second-order valence-corrected chi connectivity index (χ2v) is 4.51. The first-order valence-corrected chi connectivity index (χ1v) is 6.37. The first-order valence-electron chi connectivity index (χ1n) is 5.99. The fourth-order valence-electron chi connectivity index (χ4n) is 1.39. The molecule has 0 aliphatic rings. The van der Waals surface area contributed by atoms with Gasteiger partial charge < -0.3 is 15.7 Å². The molecule has 1 aromatic rings. The highest BCUT2D eigenvalue weighted by molar-refractivity contribution is 6.30. The van der Waals surface area contributed by atoms with Gasteiger partial charge in [0.05, 0.1) is 0 Å². The number of hydrogen-bond acceptors (Lipinski definition) is 3. The van der Waals surface area contributed by atoms with Gasteiger partial charge in [-0.1, -0.05) is 11.6 Å². The molecule has 3 N–H and O–H groups in total. The summed E-state index contributed by atoms with van der Waals surface area (Å²) in [6, 6.07) is 5.77. The molecule has 19 heavy (non-hydrogen) atoms. The fourth-order valence-corrected chi connectivity index (χ4v) is 1.52. The summed E-state index contributed by atoms with van der Waals surface area (Å²) < 4.78 is 0. The molecule has 0 heterocycles. The predicted molar refractivity (Wildman–Crippen MR) is 73.1 cm³/mol. The summed E-state index contributed by atoms with van der Waals surface area (Å²) in [7, 11) is 0. The quantitative estimate of drug-likeness (QED) is 0.681. The number of halogens is 1.